The largest absolute Gasteiger partial charge is 0.464 e. The highest BCUT2D eigenvalue weighted by Crippen LogP contribution is 2.15. The van der Waals surface area contributed by atoms with Crippen molar-refractivity contribution >= 4 is 5.97 Å². The van der Waals surface area contributed by atoms with Gasteiger partial charge in [-0.1, -0.05) is 19.8 Å². The van der Waals surface area contributed by atoms with Gasteiger partial charge in [-0.15, -0.1) is 0 Å². The van der Waals surface area contributed by atoms with E-state index in [9.17, 15) is 4.79 Å². The van der Waals surface area contributed by atoms with Crippen molar-refractivity contribution in [2.24, 2.45) is 11.7 Å². The molecule has 0 aliphatic carbocycles. The number of ether oxygens (including phenoxy) is 2. The quantitative estimate of drug-likeness (QED) is 0.701. The fourth-order valence-corrected chi connectivity index (χ4v) is 1.76. The normalized spacial score (nSPS) is 19.4. The maximum Gasteiger partial charge on any atom is 0.322 e. The number of esters is 1. The molecule has 2 N–H and O–H groups in total. The second-order valence-corrected chi connectivity index (χ2v) is 4.43. The number of hydrogen-bond donors (Lipinski definition) is 1. The zero-order valence-electron chi connectivity index (χ0n) is 10.1. The summed E-state index contributed by atoms with van der Waals surface area (Å²) < 4.78 is 10.5. The van der Waals surface area contributed by atoms with Crippen molar-refractivity contribution in [3.05, 3.63) is 0 Å². The van der Waals surface area contributed by atoms with Crippen LogP contribution in [0.15, 0.2) is 0 Å². The van der Waals surface area contributed by atoms with Gasteiger partial charge in [0.15, 0.2) is 0 Å². The average molecular weight is 229 g/mol. The standard InChI is InChI=1S/C12H23NO3/c1-2-3-4-11(13)12(14)16-9-10-5-7-15-8-6-10/h10-11H,2-9,13H2,1H3. The second kappa shape index (κ2) is 7.63. The summed E-state index contributed by atoms with van der Waals surface area (Å²) >= 11 is 0. The van der Waals surface area contributed by atoms with E-state index < -0.39 is 6.04 Å². The van der Waals surface area contributed by atoms with Crippen LogP contribution in [0.2, 0.25) is 0 Å². The molecular formula is C12H23NO3. The number of carbonyl (C=O) groups is 1. The Hall–Kier alpha value is -0.610. The summed E-state index contributed by atoms with van der Waals surface area (Å²) in [5, 5.41) is 0. The average Bonchev–Trinajstić information content (AvgIpc) is 2.34. The van der Waals surface area contributed by atoms with Crippen LogP contribution in [0, 0.1) is 5.92 Å². The van der Waals surface area contributed by atoms with Gasteiger partial charge < -0.3 is 15.2 Å². The molecule has 0 amide bonds. The predicted molar refractivity (Wildman–Crippen MR) is 62.0 cm³/mol. The molecule has 1 heterocycles. The van der Waals surface area contributed by atoms with Gasteiger partial charge in [0, 0.05) is 13.2 Å². The summed E-state index contributed by atoms with van der Waals surface area (Å²) in [5.41, 5.74) is 5.72. The van der Waals surface area contributed by atoms with Crippen LogP contribution in [0.4, 0.5) is 0 Å². The van der Waals surface area contributed by atoms with E-state index in [1.807, 2.05) is 0 Å². The van der Waals surface area contributed by atoms with E-state index in [2.05, 4.69) is 6.92 Å². The minimum absolute atomic E-state index is 0.250. The monoisotopic (exact) mass is 229 g/mol. The highest BCUT2D eigenvalue weighted by atomic mass is 16.5. The lowest BCUT2D eigenvalue weighted by molar-refractivity contribution is -0.147. The first-order chi connectivity index (χ1) is 7.74. The van der Waals surface area contributed by atoms with Gasteiger partial charge in [-0.05, 0) is 25.2 Å². The van der Waals surface area contributed by atoms with E-state index in [0.29, 0.717) is 12.5 Å². The number of nitrogens with two attached hydrogens (primary N) is 1. The van der Waals surface area contributed by atoms with Gasteiger partial charge in [-0.2, -0.15) is 0 Å². The molecule has 16 heavy (non-hydrogen) atoms. The molecule has 1 unspecified atom stereocenters. The van der Waals surface area contributed by atoms with Crippen LogP contribution < -0.4 is 5.73 Å². The Morgan fingerprint density at radius 1 is 1.50 bits per heavy atom. The molecule has 0 aromatic heterocycles. The maximum atomic E-state index is 11.5. The molecule has 4 heteroatoms. The molecule has 94 valence electrons. The Morgan fingerprint density at radius 3 is 2.81 bits per heavy atom. The number of hydrogen-bond acceptors (Lipinski definition) is 4. The van der Waals surface area contributed by atoms with E-state index in [-0.39, 0.29) is 5.97 Å². The van der Waals surface area contributed by atoms with Crippen molar-refractivity contribution in [1.29, 1.82) is 0 Å². The molecule has 4 nitrogen and oxygen atoms in total. The molecule has 1 fully saturated rings. The van der Waals surface area contributed by atoms with Crippen LogP contribution in [-0.2, 0) is 14.3 Å². The Labute approximate surface area is 97.5 Å². The van der Waals surface area contributed by atoms with E-state index >= 15 is 0 Å². The first-order valence-corrected chi connectivity index (χ1v) is 6.24. The minimum atomic E-state index is -0.445. The van der Waals surface area contributed by atoms with Crippen molar-refractivity contribution < 1.29 is 14.3 Å². The first kappa shape index (κ1) is 13.5. The molecule has 0 aromatic carbocycles. The molecule has 1 atom stereocenters. The van der Waals surface area contributed by atoms with Crippen LogP contribution in [-0.4, -0.2) is 31.8 Å². The Kier molecular flexibility index (Phi) is 6.42. The molecule has 1 saturated heterocycles. The van der Waals surface area contributed by atoms with Crippen molar-refractivity contribution in [2.75, 3.05) is 19.8 Å². The summed E-state index contributed by atoms with van der Waals surface area (Å²) in [6.45, 7) is 4.15. The molecule has 0 bridgehead atoms. The number of rotatable bonds is 6. The fraction of sp³-hybridized carbons (Fsp3) is 0.917. The first-order valence-electron chi connectivity index (χ1n) is 6.24. The summed E-state index contributed by atoms with van der Waals surface area (Å²) in [7, 11) is 0. The van der Waals surface area contributed by atoms with Crippen LogP contribution in [0.3, 0.4) is 0 Å². The van der Waals surface area contributed by atoms with Crippen LogP contribution in [0.1, 0.15) is 39.0 Å². The van der Waals surface area contributed by atoms with E-state index in [4.69, 9.17) is 15.2 Å². The van der Waals surface area contributed by atoms with Crippen molar-refractivity contribution in [3.63, 3.8) is 0 Å². The molecule has 1 rings (SSSR count). The molecule has 0 aromatic rings. The van der Waals surface area contributed by atoms with Gasteiger partial charge in [-0.3, -0.25) is 4.79 Å². The fourth-order valence-electron chi connectivity index (χ4n) is 1.76. The van der Waals surface area contributed by atoms with Gasteiger partial charge in [0.05, 0.1) is 6.61 Å². The lowest BCUT2D eigenvalue weighted by Crippen LogP contribution is -2.34. The van der Waals surface area contributed by atoms with E-state index in [1.165, 1.54) is 0 Å². The highest BCUT2D eigenvalue weighted by molar-refractivity contribution is 5.75. The molecule has 1 aliphatic heterocycles. The molecule has 1 aliphatic rings. The van der Waals surface area contributed by atoms with Crippen LogP contribution in [0.5, 0.6) is 0 Å². The van der Waals surface area contributed by atoms with Crippen molar-refractivity contribution in [2.45, 2.75) is 45.1 Å². The van der Waals surface area contributed by atoms with Gasteiger partial charge in [0.2, 0.25) is 0 Å². The zero-order chi connectivity index (χ0) is 11.8. The number of unbranched alkanes of at least 4 members (excludes halogenated alkanes) is 1. The lowest BCUT2D eigenvalue weighted by atomic mass is 10.0. The van der Waals surface area contributed by atoms with Gasteiger partial charge >= 0.3 is 5.97 Å². The summed E-state index contributed by atoms with van der Waals surface area (Å²) in [5.74, 6) is 0.205. The second-order valence-electron chi connectivity index (χ2n) is 4.43. The smallest absolute Gasteiger partial charge is 0.322 e. The zero-order valence-corrected chi connectivity index (χ0v) is 10.1. The van der Waals surface area contributed by atoms with Gasteiger partial charge in [0.25, 0.3) is 0 Å². The lowest BCUT2D eigenvalue weighted by Gasteiger charge is -2.22. The van der Waals surface area contributed by atoms with Gasteiger partial charge in [-0.25, -0.2) is 0 Å². The molecular weight excluding hydrogens is 206 g/mol. The minimum Gasteiger partial charge on any atom is -0.464 e. The van der Waals surface area contributed by atoms with Crippen LogP contribution in [0.25, 0.3) is 0 Å². The molecule has 0 radical (unpaired) electrons. The number of carbonyl (C=O) groups excluding carboxylic acids is 1. The van der Waals surface area contributed by atoms with E-state index in [1.54, 1.807) is 0 Å². The van der Waals surface area contributed by atoms with Crippen LogP contribution >= 0.6 is 0 Å². The summed E-state index contributed by atoms with van der Waals surface area (Å²) in [4.78, 5) is 11.5. The topological polar surface area (TPSA) is 61.6 Å². The third kappa shape index (κ3) is 4.94. The Morgan fingerprint density at radius 2 is 2.19 bits per heavy atom. The Balaban J connectivity index is 2.12. The van der Waals surface area contributed by atoms with Gasteiger partial charge in [0.1, 0.15) is 6.04 Å². The maximum absolute atomic E-state index is 11.5. The summed E-state index contributed by atoms with van der Waals surface area (Å²) in [6, 6.07) is -0.445. The summed E-state index contributed by atoms with van der Waals surface area (Å²) in [6.07, 6.45) is 4.73. The highest BCUT2D eigenvalue weighted by Gasteiger charge is 2.19. The SMILES string of the molecule is CCCCC(N)C(=O)OCC1CCOCC1. The third-order valence-corrected chi connectivity index (χ3v) is 2.97. The van der Waals surface area contributed by atoms with E-state index in [0.717, 1.165) is 45.3 Å². The Bertz CT molecular complexity index is 202. The molecule has 0 saturated carbocycles. The molecule has 0 spiro atoms. The van der Waals surface area contributed by atoms with Crippen molar-refractivity contribution in [1.82, 2.24) is 0 Å². The predicted octanol–water partition coefficient (Wildman–Crippen LogP) is 1.47. The third-order valence-electron chi connectivity index (χ3n) is 2.97. The van der Waals surface area contributed by atoms with Crippen molar-refractivity contribution in [3.8, 4) is 0 Å².